The van der Waals surface area contributed by atoms with E-state index in [2.05, 4.69) is 34.5 Å². The molecule has 1 saturated carbocycles. The van der Waals surface area contributed by atoms with E-state index in [1.807, 2.05) is 0 Å². The van der Waals surface area contributed by atoms with Crippen molar-refractivity contribution in [2.75, 3.05) is 60.5 Å². The number of ether oxygens (including phenoxy) is 1. The number of urea groups is 1. The summed E-state index contributed by atoms with van der Waals surface area (Å²) in [5.41, 5.74) is 0.273. The van der Waals surface area contributed by atoms with Crippen LogP contribution in [0.1, 0.15) is 25.7 Å². The Bertz CT molecular complexity index is 360. The number of hydrogen-bond donors (Lipinski definition) is 2. The lowest BCUT2D eigenvalue weighted by Crippen LogP contribution is -2.55. The van der Waals surface area contributed by atoms with Crippen LogP contribution in [0.4, 0.5) is 4.79 Å². The van der Waals surface area contributed by atoms with Gasteiger partial charge < -0.3 is 20.3 Å². The SMILES string of the molecule is COCCC1(CNC(=O)NCC2CN(C)CCN2C)CCC1. The van der Waals surface area contributed by atoms with Gasteiger partial charge in [0, 0.05) is 52.5 Å². The monoisotopic (exact) mass is 312 g/mol. The number of likely N-dealkylation sites (N-methyl/N-ethyl adjacent to an activating group) is 2. The average molecular weight is 312 g/mol. The second-order valence-electron chi connectivity index (χ2n) is 7.06. The lowest BCUT2D eigenvalue weighted by Gasteiger charge is -2.42. The number of amides is 2. The molecule has 1 saturated heterocycles. The maximum Gasteiger partial charge on any atom is 0.314 e. The highest BCUT2D eigenvalue weighted by molar-refractivity contribution is 5.73. The van der Waals surface area contributed by atoms with Crippen molar-refractivity contribution in [2.24, 2.45) is 5.41 Å². The smallest absolute Gasteiger partial charge is 0.314 e. The minimum Gasteiger partial charge on any atom is -0.385 e. The Balaban J connectivity index is 1.67. The molecule has 1 aliphatic heterocycles. The van der Waals surface area contributed by atoms with Crippen molar-refractivity contribution in [1.82, 2.24) is 20.4 Å². The Morgan fingerprint density at radius 1 is 1.27 bits per heavy atom. The van der Waals surface area contributed by atoms with Crippen LogP contribution in [0.2, 0.25) is 0 Å². The molecule has 0 bridgehead atoms. The maximum atomic E-state index is 12.0. The normalized spacial score (nSPS) is 25.5. The number of hydrogen-bond acceptors (Lipinski definition) is 4. The van der Waals surface area contributed by atoms with Gasteiger partial charge >= 0.3 is 6.03 Å². The van der Waals surface area contributed by atoms with E-state index in [9.17, 15) is 4.79 Å². The average Bonchev–Trinajstić information content (AvgIpc) is 2.47. The van der Waals surface area contributed by atoms with Crippen LogP contribution in [-0.4, -0.2) is 82.4 Å². The summed E-state index contributed by atoms with van der Waals surface area (Å²) in [6.07, 6.45) is 4.71. The lowest BCUT2D eigenvalue weighted by atomic mass is 9.67. The van der Waals surface area contributed by atoms with Gasteiger partial charge in [0.2, 0.25) is 0 Å². The summed E-state index contributed by atoms with van der Waals surface area (Å²) in [6.45, 7) is 5.42. The van der Waals surface area contributed by atoms with E-state index in [1.54, 1.807) is 7.11 Å². The van der Waals surface area contributed by atoms with Crippen molar-refractivity contribution < 1.29 is 9.53 Å². The molecule has 0 aromatic heterocycles. The first-order valence-electron chi connectivity index (χ1n) is 8.44. The molecule has 0 spiro atoms. The fourth-order valence-corrected chi connectivity index (χ4v) is 3.37. The summed E-state index contributed by atoms with van der Waals surface area (Å²) in [7, 11) is 6.01. The minimum atomic E-state index is -0.0367. The number of carbonyl (C=O) groups excluding carboxylic acids is 1. The van der Waals surface area contributed by atoms with Crippen molar-refractivity contribution in [2.45, 2.75) is 31.7 Å². The molecule has 0 aromatic carbocycles. The number of carbonyl (C=O) groups is 1. The predicted molar refractivity (Wildman–Crippen MR) is 88.1 cm³/mol. The summed E-state index contributed by atoms with van der Waals surface area (Å²) >= 11 is 0. The molecular weight excluding hydrogens is 280 g/mol. The third kappa shape index (κ3) is 4.83. The van der Waals surface area contributed by atoms with Gasteiger partial charge in [0.1, 0.15) is 0 Å². The zero-order valence-electron chi connectivity index (χ0n) is 14.4. The molecule has 1 atom stereocenters. The fourth-order valence-electron chi connectivity index (χ4n) is 3.37. The fraction of sp³-hybridized carbons (Fsp3) is 0.938. The second-order valence-corrected chi connectivity index (χ2v) is 7.06. The molecule has 2 N–H and O–H groups in total. The Morgan fingerprint density at radius 2 is 2.05 bits per heavy atom. The van der Waals surface area contributed by atoms with Crippen molar-refractivity contribution in [3.63, 3.8) is 0 Å². The molecule has 2 fully saturated rings. The van der Waals surface area contributed by atoms with E-state index in [-0.39, 0.29) is 11.4 Å². The van der Waals surface area contributed by atoms with Crippen LogP contribution in [0.25, 0.3) is 0 Å². The predicted octanol–water partition coefficient (Wildman–Crippen LogP) is 0.738. The van der Waals surface area contributed by atoms with Crippen molar-refractivity contribution in [3.05, 3.63) is 0 Å². The van der Waals surface area contributed by atoms with E-state index in [1.165, 1.54) is 19.3 Å². The number of methoxy groups -OCH3 is 1. The number of nitrogens with one attached hydrogen (secondary N) is 2. The van der Waals surface area contributed by atoms with Crippen LogP contribution < -0.4 is 10.6 Å². The highest BCUT2D eigenvalue weighted by atomic mass is 16.5. The van der Waals surface area contributed by atoms with Gasteiger partial charge in [-0.25, -0.2) is 4.79 Å². The highest BCUT2D eigenvalue weighted by Crippen LogP contribution is 2.43. The molecule has 1 aliphatic carbocycles. The molecule has 128 valence electrons. The van der Waals surface area contributed by atoms with Crippen LogP contribution in [0.15, 0.2) is 0 Å². The first-order chi connectivity index (χ1) is 10.5. The molecule has 22 heavy (non-hydrogen) atoms. The zero-order chi connectivity index (χ0) is 16.0. The van der Waals surface area contributed by atoms with E-state index >= 15 is 0 Å². The first kappa shape index (κ1) is 17.5. The Hall–Kier alpha value is -0.850. The van der Waals surface area contributed by atoms with E-state index in [0.29, 0.717) is 12.6 Å². The first-order valence-corrected chi connectivity index (χ1v) is 8.44. The van der Waals surface area contributed by atoms with E-state index in [0.717, 1.165) is 39.2 Å². The molecule has 1 unspecified atom stereocenters. The van der Waals surface area contributed by atoms with Crippen molar-refractivity contribution in [1.29, 1.82) is 0 Å². The van der Waals surface area contributed by atoms with Crippen LogP contribution in [0, 0.1) is 5.41 Å². The highest BCUT2D eigenvalue weighted by Gasteiger charge is 2.36. The number of rotatable bonds is 7. The molecule has 2 aliphatic rings. The van der Waals surface area contributed by atoms with Gasteiger partial charge in [-0.3, -0.25) is 4.90 Å². The van der Waals surface area contributed by atoms with Crippen LogP contribution in [-0.2, 0) is 4.74 Å². The third-order valence-electron chi connectivity index (χ3n) is 5.35. The third-order valence-corrected chi connectivity index (χ3v) is 5.35. The van der Waals surface area contributed by atoms with Gasteiger partial charge in [0.15, 0.2) is 0 Å². The van der Waals surface area contributed by atoms with Gasteiger partial charge in [-0.2, -0.15) is 0 Å². The summed E-state index contributed by atoms with van der Waals surface area (Å²) in [4.78, 5) is 16.7. The summed E-state index contributed by atoms with van der Waals surface area (Å²) in [5, 5.41) is 6.09. The van der Waals surface area contributed by atoms with E-state index < -0.39 is 0 Å². The van der Waals surface area contributed by atoms with Gasteiger partial charge in [-0.15, -0.1) is 0 Å². The molecule has 2 rings (SSSR count). The minimum absolute atomic E-state index is 0.0367. The largest absolute Gasteiger partial charge is 0.385 e. The zero-order valence-corrected chi connectivity index (χ0v) is 14.4. The molecule has 0 aromatic rings. The van der Waals surface area contributed by atoms with Crippen LogP contribution in [0.3, 0.4) is 0 Å². The lowest BCUT2D eigenvalue weighted by molar-refractivity contribution is 0.0708. The summed E-state index contributed by atoms with van der Waals surface area (Å²) in [6, 6.07) is 0.362. The Kier molecular flexibility index (Phi) is 6.47. The Labute approximate surface area is 134 Å². The number of piperazine rings is 1. The number of nitrogens with zero attached hydrogens (tertiary/aromatic N) is 2. The summed E-state index contributed by atoms with van der Waals surface area (Å²) < 4.78 is 5.19. The molecule has 6 nitrogen and oxygen atoms in total. The van der Waals surface area contributed by atoms with Crippen molar-refractivity contribution in [3.8, 4) is 0 Å². The van der Waals surface area contributed by atoms with Crippen LogP contribution in [0.5, 0.6) is 0 Å². The molecule has 6 heteroatoms. The van der Waals surface area contributed by atoms with Gasteiger partial charge in [-0.05, 0) is 38.8 Å². The molecule has 2 amide bonds. The molecule has 0 radical (unpaired) electrons. The maximum absolute atomic E-state index is 12.0. The Morgan fingerprint density at radius 3 is 2.68 bits per heavy atom. The van der Waals surface area contributed by atoms with Gasteiger partial charge in [0.05, 0.1) is 0 Å². The standard InChI is InChI=1S/C16H32N4O2/c1-19-8-9-20(2)14(12-19)11-17-15(21)18-13-16(5-4-6-16)7-10-22-3/h14H,4-13H2,1-3H3,(H2,17,18,21). The molecule has 1 heterocycles. The van der Waals surface area contributed by atoms with Crippen molar-refractivity contribution >= 4 is 6.03 Å². The van der Waals surface area contributed by atoms with Crippen LogP contribution >= 0.6 is 0 Å². The molecular formula is C16H32N4O2. The second kappa shape index (κ2) is 8.13. The summed E-state index contributed by atoms with van der Waals surface area (Å²) in [5.74, 6) is 0. The van der Waals surface area contributed by atoms with Gasteiger partial charge in [0.25, 0.3) is 0 Å². The van der Waals surface area contributed by atoms with E-state index in [4.69, 9.17) is 4.74 Å². The van der Waals surface area contributed by atoms with Gasteiger partial charge in [-0.1, -0.05) is 6.42 Å². The quantitative estimate of drug-likeness (QED) is 0.728. The topological polar surface area (TPSA) is 56.8 Å².